The average molecular weight is 383 g/mol. The Morgan fingerprint density at radius 1 is 1.00 bits per heavy atom. The fraction of sp³-hybridized carbons (Fsp3) is 0.364. The summed E-state index contributed by atoms with van der Waals surface area (Å²) in [7, 11) is 0. The minimum absolute atomic E-state index is 0.471. The molecule has 0 fully saturated rings. The first-order chi connectivity index (χ1) is 13.0. The molecule has 0 saturated heterocycles. The van der Waals surface area contributed by atoms with Crippen LogP contribution in [0, 0.1) is 0 Å². The van der Waals surface area contributed by atoms with Crippen LogP contribution in [0.25, 0.3) is 0 Å². The number of hydrogen-bond donors (Lipinski definition) is 1. The maximum absolute atomic E-state index is 5.97. The van der Waals surface area contributed by atoms with Gasteiger partial charge in [-0.25, -0.2) is 0 Å². The zero-order valence-corrected chi connectivity index (χ0v) is 17.5. The van der Waals surface area contributed by atoms with Gasteiger partial charge in [-0.05, 0) is 44.4 Å². The van der Waals surface area contributed by atoms with Crippen molar-refractivity contribution in [2.45, 2.75) is 52.1 Å². The van der Waals surface area contributed by atoms with Crippen molar-refractivity contribution >= 4 is 23.1 Å². The van der Waals surface area contributed by atoms with Crippen molar-refractivity contribution in [2.24, 2.45) is 15.9 Å². The first-order valence-corrected chi connectivity index (χ1v) is 10.3. The zero-order chi connectivity index (χ0) is 19.6. The molecular formula is C22H30N4S. The molecule has 0 spiro atoms. The van der Waals surface area contributed by atoms with Gasteiger partial charge in [-0.1, -0.05) is 66.4 Å². The molecule has 0 heterocycles. The minimum atomic E-state index is 0.471. The second-order valence-electron chi connectivity index (χ2n) is 7.02. The van der Waals surface area contributed by atoms with Crippen LogP contribution in [0.15, 0.2) is 64.8 Å². The van der Waals surface area contributed by atoms with Crippen LogP contribution in [-0.4, -0.2) is 28.4 Å². The highest BCUT2D eigenvalue weighted by atomic mass is 32.2. The lowest BCUT2D eigenvalue weighted by Gasteiger charge is -2.31. The van der Waals surface area contributed by atoms with Crippen molar-refractivity contribution in [1.82, 2.24) is 4.90 Å². The van der Waals surface area contributed by atoms with Gasteiger partial charge in [-0.2, -0.15) is 5.10 Å². The monoisotopic (exact) mass is 382 g/mol. The van der Waals surface area contributed by atoms with Crippen LogP contribution in [0.5, 0.6) is 0 Å². The van der Waals surface area contributed by atoms with Gasteiger partial charge in [0.2, 0.25) is 0 Å². The summed E-state index contributed by atoms with van der Waals surface area (Å²) in [4.78, 5) is 2.46. The standard InChI is InChI=1S/C22H30N4S/c1-17(2)26(18(3)4)15-21-13-9-8-12-20(21)14-24-25-22(23)27-16-19-10-6-5-7-11-19/h5-14,17-18H,15-16H2,1-4H3,(H2,23,25). The third-order valence-electron chi connectivity index (χ3n) is 4.32. The Labute approximate surface area is 167 Å². The van der Waals surface area contributed by atoms with Crippen LogP contribution in [0.3, 0.4) is 0 Å². The van der Waals surface area contributed by atoms with Gasteiger partial charge < -0.3 is 5.73 Å². The molecule has 0 saturated carbocycles. The van der Waals surface area contributed by atoms with Crippen LogP contribution in [0.4, 0.5) is 0 Å². The van der Waals surface area contributed by atoms with Gasteiger partial charge >= 0.3 is 0 Å². The third-order valence-corrected chi connectivity index (χ3v) is 5.17. The fourth-order valence-electron chi connectivity index (χ4n) is 2.87. The second-order valence-corrected chi connectivity index (χ2v) is 8.01. The normalized spacial score (nSPS) is 12.6. The topological polar surface area (TPSA) is 54.0 Å². The molecule has 0 aromatic heterocycles. The van der Waals surface area contributed by atoms with E-state index >= 15 is 0 Å². The molecule has 2 N–H and O–H groups in total. The van der Waals surface area contributed by atoms with Gasteiger partial charge in [0.1, 0.15) is 0 Å². The molecule has 0 radical (unpaired) electrons. The molecule has 2 aromatic rings. The number of amidine groups is 1. The molecule has 0 unspecified atom stereocenters. The highest BCUT2D eigenvalue weighted by Gasteiger charge is 2.14. The fourth-order valence-corrected chi connectivity index (χ4v) is 3.48. The van der Waals surface area contributed by atoms with Gasteiger partial charge in [0.05, 0.1) is 6.21 Å². The molecule has 0 aliphatic carbocycles. The Balaban J connectivity index is 2.01. The molecule has 144 valence electrons. The smallest absolute Gasteiger partial charge is 0.180 e. The summed E-state index contributed by atoms with van der Waals surface area (Å²) in [6.45, 7) is 9.80. The number of thioether (sulfide) groups is 1. The Kier molecular flexibility index (Phi) is 8.55. The Bertz CT molecular complexity index is 746. The lowest BCUT2D eigenvalue weighted by Crippen LogP contribution is -2.36. The van der Waals surface area contributed by atoms with Crippen molar-refractivity contribution in [3.63, 3.8) is 0 Å². The van der Waals surface area contributed by atoms with Crippen LogP contribution in [0.1, 0.15) is 44.4 Å². The molecule has 27 heavy (non-hydrogen) atoms. The molecule has 0 amide bonds. The summed E-state index contributed by atoms with van der Waals surface area (Å²) in [5.41, 5.74) is 9.52. The lowest BCUT2D eigenvalue weighted by atomic mass is 10.1. The van der Waals surface area contributed by atoms with Crippen molar-refractivity contribution in [2.75, 3.05) is 0 Å². The SMILES string of the molecule is CC(C)N(Cc1ccccc1C=NN=C(N)SCc1ccccc1)C(C)C. The van der Waals surface area contributed by atoms with Crippen LogP contribution >= 0.6 is 11.8 Å². The number of nitrogens with two attached hydrogens (primary N) is 1. The highest BCUT2D eigenvalue weighted by molar-refractivity contribution is 8.13. The summed E-state index contributed by atoms with van der Waals surface area (Å²) in [6.07, 6.45) is 1.80. The van der Waals surface area contributed by atoms with E-state index < -0.39 is 0 Å². The molecule has 0 aliphatic rings. The van der Waals surface area contributed by atoms with Gasteiger partial charge in [-0.15, -0.1) is 5.10 Å². The van der Waals surface area contributed by atoms with E-state index in [1.807, 2.05) is 24.3 Å². The second kappa shape index (κ2) is 10.9. The molecule has 4 nitrogen and oxygen atoms in total. The van der Waals surface area contributed by atoms with E-state index in [2.05, 4.69) is 73.1 Å². The van der Waals surface area contributed by atoms with E-state index in [0.29, 0.717) is 17.3 Å². The molecule has 5 heteroatoms. The number of benzene rings is 2. The summed E-state index contributed by atoms with van der Waals surface area (Å²) >= 11 is 1.49. The number of rotatable bonds is 8. The molecule has 2 aromatic carbocycles. The molecule has 2 rings (SSSR count). The quantitative estimate of drug-likeness (QED) is 0.402. The largest absolute Gasteiger partial charge is 0.377 e. The Morgan fingerprint density at radius 2 is 1.63 bits per heavy atom. The van der Waals surface area contributed by atoms with E-state index in [9.17, 15) is 0 Å². The Hall–Kier alpha value is -2.11. The van der Waals surface area contributed by atoms with E-state index in [0.717, 1.165) is 17.9 Å². The van der Waals surface area contributed by atoms with Crippen molar-refractivity contribution in [3.8, 4) is 0 Å². The maximum Gasteiger partial charge on any atom is 0.180 e. The summed E-state index contributed by atoms with van der Waals surface area (Å²) in [5, 5.41) is 8.82. The first kappa shape index (κ1) is 21.2. The van der Waals surface area contributed by atoms with E-state index in [-0.39, 0.29) is 0 Å². The van der Waals surface area contributed by atoms with Crippen LogP contribution < -0.4 is 5.73 Å². The zero-order valence-electron chi connectivity index (χ0n) is 16.7. The third kappa shape index (κ3) is 7.19. The van der Waals surface area contributed by atoms with E-state index in [1.165, 1.54) is 22.9 Å². The predicted octanol–water partition coefficient (Wildman–Crippen LogP) is 4.89. The van der Waals surface area contributed by atoms with Crippen molar-refractivity contribution in [3.05, 3.63) is 71.3 Å². The van der Waals surface area contributed by atoms with Gasteiger partial charge in [0.25, 0.3) is 0 Å². The summed E-state index contributed by atoms with van der Waals surface area (Å²) < 4.78 is 0. The molecule has 0 atom stereocenters. The summed E-state index contributed by atoms with van der Waals surface area (Å²) in [5.74, 6) is 0.792. The summed E-state index contributed by atoms with van der Waals surface area (Å²) in [6, 6.07) is 19.5. The van der Waals surface area contributed by atoms with Crippen molar-refractivity contribution in [1.29, 1.82) is 0 Å². The molecular weight excluding hydrogens is 352 g/mol. The number of nitrogens with zero attached hydrogens (tertiary/aromatic N) is 3. The maximum atomic E-state index is 5.97. The molecule has 0 aliphatic heterocycles. The molecule has 0 bridgehead atoms. The van der Waals surface area contributed by atoms with Gasteiger partial charge in [-0.3, -0.25) is 4.90 Å². The minimum Gasteiger partial charge on any atom is -0.377 e. The highest BCUT2D eigenvalue weighted by Crippen LogP contribution is 2.15. The number of hydrogen-bond acceptors (Lipinski definition) is 4. The van der Waals surface area contributed by atoms with E-state index in [1.54, 1.807) is 6.21 Å². The predicted molar refractivity (Wildman–Crippen MR) is 119 cm³/mol. The lowest BCUT2D eigenvalue weighted by molar-refractivity contribution is 0.166. The van der Waals surface area contributed by atoms with Crippen LogP contribution in [-0.2, 0) is 12.3 Å². The van der Waals surface area contributed by atoms with E-state index in [4.69, 9.17) is 5.73 Å². The van der Waals surface area contributed by atoms with Gasteiger partial charge in [0.15, 0.2) is 5.17 Å². The average Bonchev–Trinajstić information content (AvgIpc) is 2.65. The van der Waals surface area contributed by atoms with Gasteiger partial charge in [0, 0.05) is 24.4 Å². The van der Waals surface area contributed by atoms with Crippen LogP contribution in [0.2, 0.25) is 0 Å². The Morgan fingerprint density at radius 3 is 2.30 bits per heavy atom. The van der Waals surface area contributed by atoms with Crippen molar-refractivity contribution < 1.29 is 0 Å². The first-order valence-electron chi connectivity index (χ1n) is 9.34.